The average molecular weight is 299 g/mol. The Balaban J connectivity index is 1.41. The second-order valence-electron chi connectivity index (χ2n) is 6.02. The van der Waals surface area contributed by atoms with Crippen molar-refractivity contribution in [1.29, 1.82) is 0 Å². The number of piperazine rings is 1. The number of hydrogen-bond acceptors (Lipinski definition) is 5. The van der Waals surface area contributed by atoms with Crippen molar-refractivity contribution in [1.82, 2.24) is 19.8 Å². The summed E-state index contributed by atoms with van der Waals surface area (Å²) in [5, 5.41) is 4.56. The molecule has 5 nitrogen and oxygen atoms in total. The Morgan fingerprint density at radius 3 is 2.73 bits per heavy atom. The van der Waals surface area contributed by atoms with Crippen molar-refractivity contribution in [3.63, 3.8) is 0 Å². The summed E-state index contributed by atoms with van der Waals surface area (Å²) < 4.78 is 0. The zero-order chi connectivity index (χ0) is 15.2. The van der Waals surface area contributed by atoms with E-state index in [2.05, 4.69) is 38.2 Å². The minimum Gasteiger partial charge on any atom is -0.369 e. The van der Waals surface area contributed by atoms with Gasteiger partial charge in [-0.1, -0.05) is 12.1 Å². The molecule has 0 saturated carbocycles. The molecule has 1 aliphatic rings. The molecule has 0 bridgehead atoms. The molecule has 3 rings (SSSR count). The van der Waals surface area contributed by atoms with Crippen molar-refractivity contribution < 1.29 is 0 Å². The Kier molecular flexibility index (Phi) is 5.19. The van der Waals surface area contributed by atoms with Crippen molar-refractivity contribution in [3.05, 3.63) is 30.6 Å². The fourth-order valence-electron chi connectivity index (χ4n) is 2.88. The highest BCUT2D eigenvalue weighted by atomic mass is 15.2. The van der Waals surface area contributed by atoms with Crippen LogP contribution in [0.5, 0.6) is 0 Å². The van der Waals surface area contributed by atoms with E-state index < -0.39 is 0 Å². The number of fused-ring (bicyclic) bond motifs is 1. The Bertz CT molecular complexity index is 587. The Morgan fingerprint density at radius 2 is 1.86 bits per heavy atom. The first-order chi connectivity index (χ1) is 10.8. The second-order valence-corrected chi connectivity index (χ2v) is 6.02. The van der Waals surface area contributed by atoms with Gasteiger partial charge in [0.15, 0.2) is 0 Å². The SMILES string of the molecule is CN1CCN(CCCCNc2ncnc3ccccc23)CC1. The van der Waals surface area contributed by atoms with E-state index in [4.69, 9.17) is 0 Å². The van der Waals surface area contributed by atoms with Crippen LogP contribution in [0.3, 0.4) is 0 Å². The molecule has 1 N–H and O–H groups in total. The number of hydrogen-bond donors (Lipinski definition) is 1. The van der Waals surface area contributed by atoms with Gasteiger partial charge in [0.1, 0.15) is 12.1 Å². The van der Waals surface area contributed by atoms with E-state index in [9.17, 15) is 0 Å². The number of benzene rings is 1. The molecule has 2 aromatic rings. The van der Waals surface area contributed by atoms with Crippen LogP contribution in [-0.2, 0) is 0 Å². The van der Waals surface area contributed by atoms with Crippen LogP contribution in [0.4, 0.5) is 5.82 Å². The number of likely N-dealkylation sites (N-methyl/N-ethyl adjacent to an activating group) is 1. The third-order valence-electron chi connectivity index (χ3n) is 4.33. The van der Waals surface area contributed by atoms with Crippen LogP contribution in [0, 0.1) is 0 Å². The predicted molar refractivity (Wildman–Crippen MR) is 91.2 cm³/mol. The molecule has 1 aromatic carbocycles. The van der Waals surface area contributed by atoms with E-state index in [1.165, 1.54) is 45.6 Å². The largest absolute Gasteiger partial charge is 0.369 e. The molecular formula is C17H25N5. The van der Waals surface area contributed by atoms with Gasteiger partial charge in [-0.25, -0.2) is 9.97 Å². The smallest absolute Gasteiger partial charge is 0.137 e. The van der Waals surface area contributed by atoms with Crippen LogP contribution in [-0.4, -0.2) is 66.1 Å². The molecule has 0 radical (unpaired) electrons. The van der Waals surface area contributed by atoms with Crippen LogP contribution in [0.2, 0.25) is 0 Å². The molecule has 1 aliphatic heterocycles. The van der Waals surface area contributed by atoms with Crippen LogP contribution in [0.1, 0.15) is 12.8 Å². The fraction of sp³-hybridized carbons (Fsp3) is 0.529. The first kappa shape index (κ1) is 15.2. The fourth-order valence-corrected chi connectivity index (χ4v) is 2.88. The molecule has 0 unspecified atom stereocenters. The van der Waals surface area contributed by atoms with Crippen LogP contribution < -0.4 is 5.32 Å². The van der Waals surface area contributed by atoms with Gasteiger partial charge in [0, 0.05) is 38.1 Å². The van der Waals surface area contributed by atoms with Gasteiger partial charge < -0.3 is 15.1 Å². The quantitative estimate of drug-likeness (QED) is 0.827. The van der Waals surface area contributed by atoms with E-state index in [1.807, 2.05) is 18.2 Å². The summed E-state index contributed by atoms with van der Waals surface area (Å²) in [6, 6.07) is 8.14. The standard InChI is InChI=1S/C17H25N5/c1-21-10-12-22(13-11-21)9-5-4-8-18-17-15-6-2-3-7-16(15)19-14-20-17/h2-3,6-7,14H,4-5,8-13H2,1H3,(H,18,19,20). The maximum Gasteiger partial charge on any atom is 0.137 e. The molecule has 0 aliphatic carbocycles. The molecule has 1 fully saturated rings. The van der Waals surface area contributed by atoms with Crippen LogP contribution in [0.25, 0.3) is 10.9 Å². The lowest BCUT2D eigenvalue weighted by molar-refractivity contribution is 0.152. The van der Waals surface area contributed by atoms with Crippen LogP contribution >= 0.6 is 0 Å². The van der Waals surface area contributed by atoms with Gasteiger partial charge >= 0.3 is 0 Å². The van der Waals surface area contributed by atoms with E-state index in [0.29, 0.717) is 0 Å². The maximum absolute atomic E-state index is 4.36. The Hall–Kier alpha value is -1.72. The molecule has 1 saturated heterocycles. The zero-order valence-electron chi connectivity index (χ0n) is 13.3. The van der Waals surface area contributed by atoms with Gasteiger partial charge in [0.2, 0.25) is 0 Å². The summed E-state index contributed by atoms with van der Waals surface area (Å²) in [4.78, 5) is 13.6. The third-order valence-corrected chi connectivity index (χ3v) is 4.33. The van der Waals surface area contributed by atoms with Gasteiger partial charge in [-0.2, -0.15) is 0 Å². The first-order valence-corrected chi connectivity index (χ1v) is 8.17. The molecule has 0 amide bonds. The Labute approximate surface area is 132 Å². The van der Waals surface area contributed by atoms with Crippen molar-refractivity contribution in [2.24, 2.45) is 0 Å². The van der Waals surface area contributed by atoms with Gasteiger partial charge in [-0.05, 0) is 38.6 Å². The molecule has 1 aromatic heterocycles. The number of anilines is 1. The van der Waals surface area contributed by atoms with E-state index in [-0.39, 0.29) is 0 Å². The maximum atomic E-state index is 4.36. The minimum absolute atomic E-state index is 0.949. The zero-order valence-corrected chi connectivity index (χ0v) is 13.3. The monoisotopic (exact) mass is 299 g/mol. The van der Waals surface area contributed by atoms with Gasteiger partial charge in [-0.15, -0.1) is 0 Å². The predicted octanol–water partition coefficient (Wildman–Crippen LogP) is 2.07. The van der Waals surface area contributed by atoms with E-state index in [0.717, 1.165) is 23.3 Å². The molecule has 0 spiro atoms. The number of para-hydroxylation sites is 1. The Morgan fingerprint density at radius 1 is 1.05 bits per heavy atom. The highest BCUT2D eigenvalue weighted by Crippen LogP contribution is 2.18. The molecule has 2 heterocycles. The average Bonchev–Trinajstić information content (AvgIpc) is 2.56. The van der Waals surface area contributed by atoms with Crippen molar-refractivity contribution >= 4 is 16.7 Å². The summed E-state index contributed by atoms with van der Waals surface area (Å²) in [6.07, 6.45) is 4.04. The number of nitrogens with one attached hydrogen (secondary N) is 1. The van der Waals surface area contributed by atoms with E-state index >= 15 is 0 Å². The molecule has 0 atom stereocenters. The number of rotatable bonds is 6. The molecular weight excluding hydrogens is 274 g/mol. The lowest BCUT2D eigenvalue weighted by Gasteiger charge is -2.32. The van der Waals surface area contributed by atoms with Crippen molar-refractivity contribution in [3.8, 4) is 0 Å². The summed E-state index contributed by atoms with van der Waals surface area (Å²) >= 11 is 0. The number of unbranched alkanes of at least 4 members (excludes halogenated alkanes) is 1. The summed E-state index contributed by atoms with van der Waals surface area (Å²) in [5.74, 6) is 0.949. The van der Waals surface area contributed by atoms with Crippen LogP contribution in [0.15, 0.2) is 30.6 Å². The molecule has 118 valence electrons. The summed E-state index contributed by atoms with van der Waals surface area (Å²) in [6.45, 7) is 6.99. The number of aromatic nitrogens is 2. The third kappa shape index (κ3) is 3.93. The number of nitrogens with zero attached hydrogens (tertiary/aromatic N) is 4. The highest BCUT2D eigenvalue weighted by molar-refractivity contribution is 5.88. The lowest BCUT2D eigenvalue weighted by atomic mass is 10.2. The molecule has 5 heteroatoms. The summed E-state index contributed by atoms with van der Waals surface area (Å²) in [7, 11) is 2.20. The van der Waals surface area contributed by atoms with Gasteiger partial charge in [0.25, 0.3) is 0 Å². The molecule has 22 heavy (non-hydrogen) atoms. The minimum atomic E-state index is 0.949. The second kappa shape index (κ2) is 7.51. The lowest BCUT2D eigenvalue weighted by Crippen LogP contribution is -2.44. The van der Waals surface area contributed by atoms with Gasteiger partial charge in [0.05, 0.1) is 5.52 Å². The normalized spacial score (nSPS) is 17.0. The van der Waals surface area contributed by atoms with Crippen molar-refractivity contribution in [2.75, 3.05) is 51.6 Å². The van der Waals surface area contributed by atoms with Gasteiger partial charge in [-0.3, -0.25) is 0 Å². The topological polar surface area (TPSA) is 44.3 Å². The van der Waals surface area contributed by atoms with Crippen molar-refractivity contribution in [2.45, 2.75) is 12.8 Å². The van der Waals surface area contributed by atoms with E-state index in [1.54, 1.807) is 6.33 Å². The summed E-state index contributed by atoms with van der Waals surface area (Å²) in [5.41, 5.74) is 0.998. The highest BCUT2D eigenvalue weighted by Gasteiger charge is 2.12. The first-order valence-electron chi connectivity index (χ1n) is 8.17.